The van der Waals surface area contributed by atoms with Crippen LogP contribution >= 0.6 is 0 Å². The molecule has 17 heavy (non-hydrogen) atoms. The van der Waals surface area contributed by atoms with Crippen molar-refractivity contribution >= 4 is 5.82 Å². The predicted octanol–water partition coefficient (Wildman–Crippen LogP) is 1.09. The summed E-state index contributed by atoms with van der Waals surface area (Å²) in [6, 6.07) is 3.10. The summed E-state index contributed by atoms with van der Waals surface area (Å²) in [4.78, 5) is 3.42. The van der Waals surface area contributed by atoms with Crippen molar-refractivity contribution in [1.29, 1.82) is 5.26 Å². The number of nitrogens with zero attached hydrogens (tertiary/aromatic N) is 2. The van der Waals surface area contributed by atoms with E-state index in [1.807, 2.05) is 0 Å². The molecule has 0 spiro atoms. The number of ether oxygens (including phenoxy) is 1. The van der Waals surface area contributed by atoms with Crippen LogP contribution in [0.4, 0.5) is 19.0 Å². The predicted molar refractivity (Wildman–Crippen MR) is 52.5 cm³/mol. The molecule has 0 aromatic carbocycles. The summed E-state index contributed by atoms with van der Waals surface area (Å²) in [5, 5.41) is 8.54. The molecule has 1 rings (SSSR count). The zero-order valence-corrected chi connectivity index (χ0v) is 8.58. The fourth-order valence-electron chi connectivity index (χ4n) is 1.28. The number of nitrogens with two attached hydrogens (primary N) is 2. The van der Waals surface area contributed by atoms with E-state index in [1.165, 1.54) is 6.07 Å². The quantitative estimate of drug-likeness (QED) is 0.831. The number of nitriles is 1. The normalized spacial score (nSPS) is 11.0. The first kappa shape index (κ1) is 13.1. The van der Waals surface area contributed by atoms with Gasteiger partial charge in [-0.15, -0.1) is 13.2 Å². The third-order valence-electron chi connectivity index (χ3n) is 1.88. The highest BCUT2D eigenvalue weighted by molar-refractivity contribution is 5.45. The van der Waals surface area contributed by atoms with E-state index >= 15 is 0 Å². The first-order chi connectivity index (χ1) is 7.87. The Balaban J connectivity index is 3.24. The molecule has 0 saturated carbocycles. The molecule has 0 aliphatic heterocycles. The van der Waals surface area contributed by atoms with Gasteiger partial charge in [-0.25, -0.2) is 0 Å². The maximum absolute atomic E-state index is 12.1. The zero-order valence-electron chi connectivity index (χ0n) is 8.58. The van der Waals surface area contributed by atoms with Crippen LogP contribution < -0.4 is 16.2 Å². The molecule has 5 nitrogen and oxygen atoms in total. The topological polar surface area (TPSA) is 98.0 Å². The number of anilines is 1. The fraction of sp³-hybridized carbons (Fsp3) is 0.333. The van der Waals surface area contributed by atoms with Crippen molar-refractivity contribution in [3.63, 3.8) is 0 Å². The van der Waals surface area contributed by atoms with Gasteiger partial charge in [-0.2, -0.15) is 10.2 Å². The maximum atomic E-state index is 12.1. The molecular formula is C9H9F3N4O. The lowest BCUT2D eigenvalue weighted by Gasteiger charge is -2.14. The lowest BCUT2D eigenvalue weighted by molar-refractivity contribution is -0.276. The van der Waals surface area contributed by atoms with Gasteiger partial charge in [-0.05, 0) is 11.6 Å². The average molecular weight is 246 g/mol. The van der Waals surface area contributed by atoms with Crippen LogP contribution in [0.25, 0.3) is 0 Å². The van der Waals surface area contributed by atoms with Crippen LogP contribution in [0.15, 0.2) is 6.07 Å². The number of alkyl halides is 3. The molecule has 8 heteroatoms. The van der Waals surface area contributed by atoms with Gasteiger partial charge in [0.2, 0.25) is 5.88 Å². The molecule has 0 aliphatic carbocycles. The number of pyridine rings is 1. The van der Waals surface area contributed by atoms with E-state index in [0.29, 0.717) is 0 Å². The summed E-state index contributed by atoms with van der Waals surface area (Å²) in [5.74, 6) is -0.864. The minimum Gasteiger partial charge on any atom is -0.387 e. The number of halogens is 3. The number of rotatable bonds is 3. The van der Waals surface area contributed by atoms with Crippen LogP contribution in [0.3, 0.4) is 0 Å². The molecule has 0 radical (unpaired) electrons. The molecule has 1 aromatic heterocycles. The molecule has 0 fully saturated rings. The van der Waals surface area contributed by atoms with E-state index in [-0.39, 0.29) is 29.9 Å². The summed E-state index contributed by atoms with van der Waals surface area (Å²) >= 11 is 0. The lowest BCUT2D eigenvalue weighted by Crippen LogP contribution is -2.20. The summed E-state index contributed by atoms with van der Waals surface area (Å²) in [6.07, 6.45) is -5.00. The second-order valence-corrected chi connectivity index (χ2v) is 3.08. The molecule has 0 unspecified atom stereocenters. The molecule has 4 N–H and O–H groups in total. The molecule has 1 aromatic rings. The molecular weight excluding hydrogens is 237 g/mol. The number of hydrogen-bond acceptors (Lipinski definition) is 5. The van der Waals surface area contributed by atoms with E-state index < -0.39 is 12.2 Å². The molecule has 0 saturated heterocycles. The molecule has 0 aliphatic rings. The largest absolute Gasteiger partial charge is 0.574 e. The Morgan fingerprint density at radius 2 is 2.12 bits per heavy atom. The van der Waals surface area contributed by atoms with E-state index in [1.54, 1.807) is 6.07 Å². The minimum absolute atomic E-state index is 0.0260. The third kappa shape index (κ3) is 3.49. The van der Waals surface area contributed by atoms with Crippen LogP contribution in [-0.4, -0.2) is 11.3 Å². The van der Waals surface area contributed by atoms with E-state index in [2.05, 4.69) is 9.72 Å². The smallest absolute Gasteiger partial charge is 0.387 e. The van der Waals surface area contributed by atoms with Crippen molar-refractivity contribution in [2.24, 2.45) is 5.73 Å². The fourth-order valence-corrected chi connectivity index (χ4v) is 1.28. The van der Waals surface area contributed by atoms with Crippen molar-refractivity contribution < 1.29 is 17.9 Å². The zero-order chi connectivity index (χ0) is 13.1. The highest BCUT2D eigenvalue weighted by atomic mass is 19.4. The van der Waals surface area contributed by atoms with Gasteiger partial charge in [0.25, 0.3) is 0 Å². The van der Waals surface area contributed by atoms with Gasteiger partial charge in [0.15, 0.2) is 0 Å². The SMILES string of the molecule is N#CCc1cc(N)nc(OC(F)(F)F)c1CN. The Labute approximate surface area is 94.8 Å². The van der Waals surface area contributed by atoms with Gasteiger partial charge in [-0.3, -0.25) is 0 Å². The van der Waals surface area contributed by atoms with Crippen LogP contribution in [0, 0.1) is 11.3 Å². The van der Waals surface area contributed by atoms with Gasteiger partial charge >= 0.3 is 6.36 Å². The van der Waals surface area contributed by atoms with Gasteiger partial charge in [0.05, 0.1) is 12.5 Å². The van der Waals surface area contributed by atoms with Crippen molar-refractivity contribution in [3.05, 3.63) is 17.2 Å². The van der Waals surface area contributed by atoms with Crippen molar-refractivity contribution in [2.75, 3.05) is 5.73 Å². The molecule has 92 valence electrons. The minimum atomic E-state index is -4.88. The number of nitrogen functional groups attached to an aromatic ring is 1. The monoisotopic (exact) mass is 246 g/mol. The van der Waals surface area contributed by atoms with Crippen LogP contribution in [-0.2, 0) is 13.0 Å². The number of hydrogen-bond donors (Lipinski definition) is 2. The molecule has 0 atom stereocenters. The summed E-state index contributed by atoms with van der Waals surface area (Å²) < 4.78 is 40.0. The maximum Gasteiger partial charge on any atom is 0.574 e. The Bertz CT molecular complexity index is 453. The Morgan fingerprint density at radius 1 is 1.47 bits per heavy atom. The second-order valence-electron chi connectivity index (χ2n) is 3.08. The standard InChI is InChI=1S/C9H9F3N4O/c10-9(11,12)17-8-6(4-14)5(1-2-13)3-7(15)16-8/h3H,1,4,14H2,(H2,15,16). The summed E-state index contributed by atoms with van der Waals surface area (Å²) in [6.45, 7) is -0.226. The first-order valence-electron chi connectivity index (χ1n) is 4.48. The van der Waals surface area contributed by atoms with Gasteiger partial charge in [0.1, 0.15) is 5.82 Å². The molecule has 0 bridgehead atoms. The average Bonchev–Trinajstić information content (AvgIpc) is 2.15. The molecule has 0 amide bonds. The van der Waals surface area contributed by atoms with Gasteiger partial charge in [0, 0.05) is 12.1 Å². The highest BCUT2D eigenvalue weighted by Gasteiger charge is 2.33. The van der Waals surface area contributed by atoms with E-state index in [4.69, 9.17) is 16.7 Å². The van der Waals surface area contributed by atoms with Crippen LogP contribution in [0.2, 0.25) is 0 Å². The highest BCUT2D eigenvalue weighted by Crippen LogP contribution is 2.28. The second kappa shape index (κ2) is 4.88. The Kier molecular flexibility index (Phi) is 3.75. The van der Waals surface area contributed by atoms with Crippen molar-refractivity contribution in [2.45, 2.75) is 19.3 Å². The molecule has 1 heterocycles. The number of aromatic nitrogens is 1. The van der Waals surface area contributed by atoms with Crippen LogP contribution in [0.1, 0.15) is 11.1 Å². The lowest BCUT2D eigenvalue weighted by atomic mass is 10.1. The summed E-state index contributed by atoms with van der Waals surface area (Å²) in [7, 11) is 0. The Morgan fingerprint density at radius 3 is 2.59 bits per heavy atom. The van der Waals surface area contributed by atoms with Crippen LogP contribution in [0.5, 0.6) is 5.88 Å². The van der Waals surface area contributed by atoms with Crippen molar-refractivity contribution in [3.8, 4) is 11.9 Å². The van der Waals surface area contributed by atoms with E-state index in [9.17, 15) is 13.2 Å². The first-order valence-corrected chi connectivity index (χ1v) is 4.48. The Hall–Kier alpha value is -2.01. The van der Waals surface area contributed by atoms with E-state index in [0.717, 1.165) is 0 Å². The van der Waals surface area contributed by atoms with Gasteiger partial charge in [-0.1, -0.05) is 0 Å². The third-order valence-corrected chi connectivity index (χ3v) is 1.88. The van der Waals surface area contributed by atoms with Crippen molar-refractivity contribution in [1.82, 2.24) is 4.98 Å². The van der Waals surface area contributed by atoms with Gasteiger partial charge < -0.3 is 16.2 Å². The summed E-state index contributed by atoms with van der Waals surface area (Å²) in [5.41, 5.74) is 10.9.